The summed E-state index contributed by atoms with van der Waals surface area (Å²) in [5.41, 5.74) is -3.59. The molecule has 3 N–H and O–H groups in total. The number of ketones is 2. The van der Waals surface area contributed by atoms with Crippen LogP contribution >= 0.6 is 0 Å². The standard InChI is InChI=1S/C33H36O9/c1-15(2)21(34)14-19-26-18(9-10-30(4,5)40-26)24(35)23-25(36)20-12-17-13-22-31(6,7)42-32(28(17)37,11-8-16(3)29(38)39)33(20,22)41-27(19)23/h8-10,12,17,21-22,34-35H,1,11,13-14H2,2-7H3,(H,38,39)/b16-8+/t17-,21?,22+,32+,33-/m1/s1. The molecule has 1 aromatic carbocycles. The zero-order valence-electron chi connectivity index (χ0n) is 24.7. The molecule has 5 atom stereocenters. The Bertz CT molecular complexity index is 1590. The van der Waals surface area contributed by atoms with Crippen LogP contribution in [0.2, 0.25) is 0 Å². The quantitative estimate of drug-likeness (QED) is 0.330. The number of fused-ring (bicyclic) bond motifs is 2. The smallest absolute Gasteiger partial charge is 0.330 e. The maximum absolute atomic E-state index is 14.5. The molecule has 3 aliphatic carbocycles. The lowest BCUT2D eigenvalue weighted by Gasteiger charge is -2.56. The van der Waals surface area contributed by atoms with Crippen LogP contribution in [0.1, 0.15) is 75.9 Å². The summed E-state index contributed by atoms with van der Waals surface area (Å²) in [7, 11) is 0. The number of aliphatic carboxylic acids is 1. The number of phenols is 1. The van der Waals surface area contributed by atoms with Crippen LogP contribution < -0.4 is 9.47 Å². The van der Waals surface area contributed by atoms with Crippen LogP contribution in [-0.4, -0.2) is 61.4 Å². The van der Waals surface area contributed by atoms with Gasteiger partial charge >= 0.3 is 5.97 Å². The van der Waals surface area contributed by atoms with Crippen molar-refractivity contribution in [2.75, 3.05) is 0 Å². The number of carbonyl (C=O) groups is 3. The monoisotopic (exact) mass is 576 g/mol. The number of carbonyl (C=O) groups excluding carboxylic acids is 2. The van der Waals surface area contributed by atoms with Crippen molar-refractivity contribution in [1.29, 1.82) is 0 Å². The van der Waals surface area contributed by atoms with Crippen molar-refractivity contribution < 1.29 is 43.9 Å². The predicted molar refractivity (Wildman–Crippen MR) is 153 cm³/mol. The van der Waals surface area contributed by atoms with E-state index in [-0.39, 0.29) is 52.6 Å². The average molecular weight is 577 g/mol. The first kappa shape index (κ1) is 28.4. The summed E-state index contributed by atoms with van der Waals surface area (Å²) in [6.07, 6.45) is 5.78. The van der Waals surface area contributed by atoms with Crippen molar-refractivity contribution in [1.82, 2.24) is 0 Å². The van der Waals surface area contributed by atoms with Gasteiger partial charge in [0.25, 0.3) is 0 Å². The fraction of sp³-hybridized carbons (Fsp3) is 0.485. The van der Waals surface area contributed by atoms with Gasteiger partial charge in [0, 0.05) is 41.4 Å². The van der Waals surface area contributed by atoms with Crippen molar-refractivity contribution in [3.05, 3.63) is 58.2 Å². The lowest BCUT2D eigenvalue weighted by atomic mass is 9.51. The molecule has 1 spiro atoms. The number of rotatable bonds is 6. The topological polar surface area (TPSA) is 140 Å². The lowest BCUT2D eigenvalue weighted by molar-refractivity contribution is -0.171. The van der Waals surface area contributed by atoms with E-state index in [0.717, 1.165) is 0 Å². The molecule has 3 aliphatic heterocycles. The largest absolute Gasteiger partial charge is 0.506 e. The third-order valence-corrected chi connectivity index (χ3v) is 9.62. The van der Waals surface area contributed by atoms with Crippen LogP contribution in [0.5, 0.6) is 17.2 Å². The zero-order valence-corrected chi connectivity index (χ0v) is 24.7. The summed E-state index contributed by atoms with van der Waals surface area (Å²) in [6.45, 7) is 14.4. The van der Waals surface area contributed by atoms with Gasteiger partial charge in [-0.05, 0) is 60.1 Å². The Morgan fingerprint density at radius 2 is 1.86 bits per heavy atom. The summed E-state index contributed by atoms with van der Waals surface area (Å²) in [4.78, 5) is 40.4. The minimum absolute atomic E-state index is 0.0247. The zero-order chi connectivity index (χ0) is 30.7. The molecule has 3 heterocycles. The summed E-state index contributed by atoms with van der Waals surface area (Å²) >= 11 is 0. The van der Waals surface area contributed by atoms with Gasteiger partial charge in [-0.25, -0.2) is 4.79 Å². The molecule has 0 amide bonds. The molecule has 9 heteroatoms. The number of Topliss-reactive ketones (excluding diaryl/α,β-unsaturated/α-hetero) is 2. The van der Waals surface area contributed by atoms with Gasteiger partial charge in [-0.2, -0.15) is 0 Å². The number of aromatic hydroxyl groups is 1. The molecule has 0 aromatic heterocycles. The third kappa shape index (κ3) is 3.53. The Labute approximate surface area is 244 Å². The average Bonchev–Trinajstić information content (AvgIpc) is 3.05. The highest BCUT2D eigenvalue weighted by atomic mass is 16.6. The molecular formula is C33H36O9. The highest BCUT2D eigenvalue weighted by molar-refractivity contribution is 6.19. The van der Waals surface area contributed by atoms with E-state index in [4.69, 9.17) is 14.2 Å². The number of hydrogen-bond acceptors (Lipinski definition) is 8. The molecule has 1 saturated heterocycles. The number of ether oxygens (including phenoxy) is 3. The van der Waals surface area contributed by atoms with Crippen LogP contribution in [0.15, 0.2) is 41.5 Å². The van der Waals surface area contributed by atoms with Gasteiger partial charge < -0.3 is 29.5 Å². The first-order valence-electron chi connectivity index (χ1n) is 14.2. The molecule has 4 bridgehead atoms. The van der Waals surface area contributed by atoms with Gasteiger partial charge in [0.15, 0.2) is 22.8 Å². The van der Waals surface area contributed by atoms with E-state index in [9.17, 15) is 29.7 Å². The Morgan fingerprint density at radius 1 is 1.17 bits per heavy atom. The molecule has 222 valence electrons. The number of phenolic OH excluding ortho intramolecular Hbond substituents is 1. The predicted octanol–water partition coefficient (Wildman–Crippen LogP) is 4.48. The second-order valence-electron chi connectivity index (χ2n) is 13.3. The van der Waals surface area contributed by atoms with Gasteiger partial charge in [-0.15, -0.1) is 0 Å². The van der Waals surface area contributed by atoms with Crippen LogP contribution in [0.3, 0.4) is 0 Å². The Balaban J connectivity index is 1.65. The lowest BCUT2D eigenvalue weighted by Crippen LogP contribution is -2.72. The maximum Gasteiger partial charge on any atom is 0.330 e. The number of allylic oxidation sites excluding steroid dienone is 1. The maximum atomic E-state index is 14.5. The normalized spacial score (nSPS) is 31.8. The molecule has 1 aromatic rings. The van der Waals surface area contributed by atoms with Crippen molar-refractivity contribution in [2.24, 2.45) is 11.8 Å². The molecule has 6 aliphatic rings. The first-order valence-corrected chi connectivity index (χ1v) is 14.2. The van der Waals surface area contributed by atoms with E-state index in [2.05, 4.69) is 6.58 Å². The van der Waals surface area contributed by atoms with Crippen molar-refractivity contribution in [2.45, 2.75) is 89.3 Å². The molecule has 0 radical (unpaired) electrons. The number of hydrogen-bond donors (Lipinski definition) is 3. The number of benzene rings is 1. The van der Waals surface area contributed by atoms with Crippen LogP contribution in [0.4, 0.5) is 0 Å². The van der Waals surface area contributed by atoms with Gasteiger partial charge in [0.05, 0.1) is 17.3 Å². The molecule has 42 heavy (non-hydrogen) atoms. The highest BCUT2D eigenvalue weighted by Crippen LogP contribution is 2.68. The van der Waals surface area contributed by atoms with Crippen LogP contribution in [-0.2, 0) is 20.7 Å². The Morgan fingerprint density at radius 3 is 2.50 bits per heavy atom. The molecule has 9 nitrogen and oxygen atoms in total. The summed E-state index contributed by atoms with van der Waals surface area (Å²) in [5, 5.41) is 32.1. The molecule has 1 unspecified atom stereocenters. The van der Waals surface area contributed by atoms with E-state index < -0.39 is 52.1 Å². The van der Waals surface area contributed by atoms with E-state index >= 15 is 0 Å². The van der Waals surface area contributed by atoms with E-state index in [1.807, 2.05) is 27.7 Å². The Kier molecular flexibility index (Phi) is 5.87. The summed E-state index contributed by atoms with van der Waals surface area (Å²) in [5.74, 6) is -2.98. The number of aliphatic hydroxyl groups excluding tert-OH is 1. The van der Waals surface area contributed by atoms with Gasteiger partial charge in [-0.3, -0.25) is 9.59 Å². The SMILES string of the molecule is C=C(C)C(O)Cc1c2c(c(O)c3c1O[C@]14C(=C[C@@H]5C[C@H]1C(C)(C)O[C@@]4(C/C=C(\C)C(=O)O)C5=O)C3=O)C=CC(C)(C)O2. The van der Waals surface area contributed by atoms with Gasteiger partial charge in [0.1, 0.15) is 28.4 Å². The van der Waals surface area contributed by atoms with Crippen LogP contribution in [0.25, 0.3) is 6.08 Å². The van der Waals surface area contributed by atoms with Crippen molar-refractivity contribution in [3.8, 4) is 17.2 Å². The number of carboxylic acid groups (broad SMARTS) is 1. The summed E-state index contributed by atoms with van der Waals surface area (Å²) < 4.78 is 19.9. The molecule has 1 saturated carbocycles. The third-order valence-electron chi connectivity index (χ3n) is 9.62. The van der Waals surface area contributed by atoms with Gasteiger partial charge in [0.2, 0.25) is 0 Å². The van der Waals surface area contributed by atoms with Crippen molar-refractivity contribution in [3.63, 3.8) is 0 Å². The van der Waals surface area contributed by atoms with E-state index in [0.29, 0.717) is 23.1 Å². The minimum atomic E-state index is -1.69. The number of carboxylic acids is 1. The molecule has 7 rings (SSSR count). The molecule has 2 fully saturated rings. The fourth-order valence-electron chi connectivity index (χ4n) is 7.51. The minimum Gasteiger partial charge on any atom is -0.506 e. The van der Waals surface area contributed by atoms with E-state index in [1.54, 1.807) is 25.2 Å². The molecular weight excluding hydrogens is 540 g/mol. The Hall–Kier alpha value is -3.69. The number of aliphatic hydroxyl groups is 1. The second kappa shape index (κ2) is 8.67. The van der Waals surface area contributed by atoms with Crippen LogP contribution in [0, 0.1) is 11.8 Å². The van der Waals surface area contributed by atoms with Gasteiger partial charge in [-0.1, -0.05) is 24.3 Å². The van der Waals surface area contributed by atoms with E-state index in [1.165, 1.54) is 13.0 Å². The second-order valence-corrected chi connectivity index (χ2v) is 13.3. The first-order chi connectivity index (χ1) is 19.5. The fourth-order valence-corrected chi connectivity index (χ4v) is 7.51. The van der Waals surface area contributed by atoms with Crippen molar-refractivity contribution >= 4 is 23.6 Å². The summed E-state index contributed by atoms with van der Waals surface area (Å²) in [6, 6.07) is 0. The highest BCUT2D eigenvalue weighted by Gasteiger charge is 2.81.